The molecule has 0 fully saturated rings. The molecule has 0 saturated heterocycles. The second-order valence-corrected chi connectivity index (χ2v) is 18.1. The molecule has 1 atom stereocenters. The monoisotopic (exact) mass is 931 g/mol. The van der Waals surface area contributed by atoms with Crippen molar-refractivity contribution in [3.63, 3.8) is 0 Å². The van der Waals surface area contributed by atoms with Gasteiger partial charge in [-0.15, -0.1) is 0 Å². The molecular weight excluding hydrogens is 829 g/mol. The van der Waals surface area contributed by atoms with E-state index in [2.05, 4.69) is 106 Å². The molecule has 382 valence electrons. The first-order chi connectivity index (χ1) is 33.0. The lowest BCUT2D eigenvalue weighted by Crippen LogP contribution is -2.30. The van der Waals surface area contributed by atoms with Crippen LogP contribution in [0.2, 0.25) is 0 Å². The summed E-state index contributed by atoms with van der Waals surface area (Å²) < 4.78 is 16.7. The third-order valence-corrected chi connectivity index (χ3v) is 11.6. The molecule has 0 aliphatic heterocycles. The van der Waals surface area contributed by atoms with Crippen LogP contribution in [0.1, 0.15) is 252 Å². The summed E-state index contributed by atoms with van der Waals surface area (Å²) in [5.74, 6) is -1.02. The summed E-state index contributed by atoms with van der Waals surface area (Å²) in [6.07, 6.45) is 72.7. The summed E-state index contributed by atoms with van der Waals surface area (Å²) in [5, 5.41) is 0. The van der Waals surface area contributed by atoms with Crippen molar-refractivity contribution in [3.05, 3.63) is 97.2 Å². The molecule has 0 saturated carbocycles. The summed E-state index contributed by atoms with van der Waals surface area (Å²) in [6, 6.07) is 0. The van der Waals surface area contributed by atoms with Gasteiger partial charge in [0.15, 0.2) is 6.10 Å². The average molecular weight is 931 g/mol. The highest BCUT2D eigenvalue weighted by molar-refractivity contribution is 5.71. The van der Waals surface area contributed by atoms with E-state index < -0.39 is 12.1 Å². The minimum atomic E-state index is -0.826. The number of carbonyl (C=O) groups is 3. The zero-order valence-electron chi connectivity index (χ0n) is 43.6. The van der Waals surface area contributed by atoms with Crippen molar-refractivity contribution in [1.82, 2.24) is 0 Å². The first-order valence-corrected chi connectivity index (χ1v) is 27.7. The first-order valence-electron chi connectivity index (χ1n) is 27.7. The van der Waals surface area contributed by atoms with Gasteiger partial charge >= 0.3 is 17.9 Å². The number of rotatable bonds is 49. The molecule has 0 aromatic heterocycles. The van der Waals surface area contributed by atoms with Gasteiger partial charge in [0.1, 0.15) is 13.2 Å². The Hall–Kier alpha value is -3.67. The fourth-order valence-electron chi connectivity index (χ4n) is 7.51. The Bertz CT molecular complexity index is 1350. The van der Waals surface area contributed by atoms with Crippen molar-refractivity contribution >= 4 is 17.9 Å². The molecule has 0 heterocycles. The van der Waals surface area contributed by atoms with Gasteiger partial charge in [0, 0.05) is 19.3 Å². The van der Waals surface area contributed by atoms with E-state index in [4.69, 9.17) is 14.2 Å². The van der Waals surface area contributed by atoms with Gasteiger partial charge in [-0.05, 0) is 83.5 Å². The molecule has 67 heavy (non-hydrogen) atoms. The number of hydrogen-bond acceptors (Lipinski definition) is 6. The number of esters is 3. The lowest BCUT2D eigenvalue weighted by Gasteiger charge is -2.18. The van der Waals surface area contributed by atoms with E-state index in [1.54, 1.807) is 0 Å². The number of unbranched alkanes of at least 4 members (excludes halogenated alkanes) is 22. The summed E-state index contributed by atoms with van der Waals surface area (Å²) in [4.78, 5) is 38.1. The summed E-state index contributed by atoms with van der Waals surface area (Å²) in [7, 11) is 0. The summed E-state index contributed by atoms with van der Waals surface area (Å²) in [5.41, 5.74) is 0. The Kier molecular flexibility index (Phi) is 51.9. The normalized spacial score (nSPS) is 12.8. The van der Waals surface area contributed by atoms with Crippen LogP contribution in [0.3, 0.4) is 0 Å². The second kappa shape index (κ2) is 54.9. The predicted octanol–water partition coefficient (Wildman–Crippen LogP) is 18.5. The van der Waals surface area contributed by atoms with Crippen LogP contribution >= 0.6 is 0 Å². The molecule has 0 aromatic carbocycles. The van der Waals surface area contributed by atoms with Gasteiger partial charge in [0.2, 0.25) is 0 Å². The molecule has 1 unspecified atom stereocenters. The largest absolute Gasteiger partial charge is 0.462 e. The minimum Gasteiger partial charge on any atom is -0.462 e. The molecule has 0 aliphatic rings. The topological polar surface area (TPSA) is 78.9 Å². The highest BCUT2D eigenvalue weighted by Gasteiger charge is 2.19. The van der Waals surface area contributed by atoms with E-state index >= 15 is 0 Å². The molecule has 0 amide bonds. The van der Waals surface area contributed by atoms with Gasteiger partial charge in [-0.2, -0.15) is 0 Å². The molecule has 6 nitrogen and oxygen atoms in total. The van der Waals surface area contributed by atoms with Crippen molar-refractivity contribution in [3.8, 4) is 0 Å². The van der Waals surface area contributed by atoms with E-state index in [1.807, 2.05) is 12.2 Å². The molecule has 0 aliphatic carbocycles. The quantitative estimate of drug-likeness (QED) is 0.0262. The van der Waals surface area contributed by atoms with E-state index in [9.17, 15) is 14.4 Å². The SMILES string of the molecule is CC/C=C\C/C=C\C/C=C\C/C=C\C/C=C\CCC(=O)OC(COC(=O)CCCCCC/C=C\C/C=C\C/C=C\CC)COC(=O)CCCCCCCCCCCCCCCCCCCCC. The van der Waals surface area contributed by atoms with Crippen molar-refractivity contribution in [1.29, 1.82) is 0 Å². The number of ether oxygens (including phenoxy) is 3. The van der Waals surface area contributed by atoms with Gasteiger partial charge in [0.25, 0.3) is 0 Å². The molecule has 0 N–H and O–H groups in total. The van der Waals surface area contributed by atoms with Crippen molar-refractivity contribution in [2.75, 3.05) is 13.2 Å². The molecular formula is C61H102O6. The lowest BCUT2D eigenvalue weighted by atomic mass is 10.0. The highest BCUT2D eigenvalue weighted by Crippen LogP contribution is 2.16. The van der Waals surface area contributed by atoms with Gasteiger partial charge in [0.05, 0.1) is 0 Å². The van der Waals surface area contributed by atoms with Crippen LogP contribution in [0.5, 0.6) is 0 Å². The Morgan fingerprint density at radius 1 is 0.313 bits per heavy atom. The maximum absolute atomic E-state index is 12.8. The van der Waals surface area contributed by atoms with Crippen molar-refractivity contribution < 1.29 is 28.6 Å². The van der Waals surface area contributed by atoms with Crippen LogP contribution < -0.4 is 0 Å². The maximum atomic E-state index is 12.8. The van der Waals surface area contributed by atoms with Crippen molar-refractivity contribution in [2.24, 2.45) is 0 Å². The number of allylic oxidation sites excluding steroid dienone is 16. The fourth-order valence-corrected chi connectivity index (χ4v) is 7.51. The average Bonchev–Trinajstić information content (AvgIpc) is 3.33. The van der Waals surface area contributed by atoms with Crippen molar-refractivity contribution in [2.45, 2.75) is 258 Å². The number of hydrogen-bond donors (Lipinski definition) is 0. The molecule has 0 bridgehead atoms. The molecule has 6 heteroatoms. The summed E-state index contributed by atoms with van der Waals surface area (Å²) in [6.45, 7) is 6.34. The van der Waals surface area contributed by atoms with Gasteiger partial charge in [-0.3, -0.25) is 14.4 Å². The summed E-state index contributed by atoms with van der Waals surface area (Å²) >= 11 is 0. The Labute approximate surface area is 413 Å². The van der Waals surface area contributed by atoms with Gasteiger partial charge < -0.3 is 14.2 Å². The predicted molar refractivity (Wildman–Crippen MR) is 288 cm³/mol. The van der Waals surface area contributed by atoms with E-state index in [1.165, 1.54) is 103 Å². The van der Waals surface area contributed by atoms with Gasteiger partial charge in [-0.1, -0.05) is 246 Å². The van der Waals surface area contributed by atoms with Crippen LogP contribution in [0.4, 0.5) is 0 Å². The first kappa shape index (κ1) is 63.3. The van der Waals surface area contributed by atoms with E-state index in [0.717, 1.165) is 103 Å². The van der Waals surface area contributed by atoms with E-state index in [-0.39, 0.29) is 31.6 Å². The Morgan fingerprint density at radius 2 is 0.612 bits per heavy atom. The standard InChI is InChI=1S/C61H102O6/c1-4-7-10-13-16-19-22-25-28-30-31-32-34-36-39-42-45-48-51-54-60(63)66-57-58(56-65-59(62)53-50-47-44-41-38-35-27-24-21-18-15-12-9-6-3)67-61(64)55-52-49-46-43-40-37-33-29-26-23-20-17-14-11-8-5-2/h8-9,11-12,17-18,20-21,26-27,29,35,37,40,46,49,58H,4-7,10,13-16,19,22-25,28,30-34,36,38-39,41-45,47-48,50-57H2,1-3H3/b11-8-,12-9-,20-17-,21-18-,29-26-,35-27-,40-37-,49-46-. The maximum Gasteiger partial charge on any atom is 0.306 e. The molecule has 0 radical (unpaired) electrons. The fraction of sp³-hybridized carbons (Fsp3) is 0.689. The van der Waals surface area contributed by atoms with Crippen LogP contribution in [0, 0.1) is 0 Å². The van der Waals surface area contributed by atoms with Crippen LogP contribution in [0.25, 0.3) is 0 Å². The van der Waals surface area contributed by atoms with Gasteiger partial charge in [-0.25, -0.2) is 0 Å². The molecule has 0 aromatic rings. The molecule has 0 rings (SSSR count). The van der Waals surface area contributed by atoms with E-state index in [0.29, 0.717) is 19.3 Å². The Morgan fingerprint density at radius 3 is 0.970 bits per heavy atom. The Balaban J connectivity index is 4.47. The third kappa shape index (κ3) is 53.2. The molecule has 0 spiro atoms. The number of carbonyl (C=O) groups excluding carboxylic acids is 3. The van der Waals surface area contributed by atoms with Crippen LogP contribution in [0.15, 0.2) is 97.2 Å². The smallest absolute Gasteiger partial charge is 0.306 e. The second-order valence-electron chi connectivity index (χ2n) is 18.1. The highest BCUT2D eigenvalue weighted by atomic mass is 16.6. The lowest BCUT2D eigenvalue weighted by molar-refractivity contribution is -0.166. The van der Waals surface area contributed by atoms with Crippen LogP contribution in [-0.4, -0.2) is 37.2 Å². The zero-order chi connectivity index (χ0) is 48.6. The zero-order valence-corrected chi connectivity index (χ0v) is 43.6. The van der Waals surface area contributed by atoms with Crippen LogP contribution in [-0.2, 0) is 28.6 Å². The minimum absolute atomic E-state index is 0.113. The third-order valence-electron chi connectivity index (χ3n) is 11.6.